The molecule has 2 N–H and O–H groups in total. The highest BCUT2D eigenvalue weighted by Crippen LogP contribution is 2.13. The van der Waals surface area contributed by atoms with Crippen LogP contribution in [-0.2, 0) is 6.54 Å². The van der Waals surface area contributed by atoms with Gasteiger partial charge < -0.3 is 10.1 Å². The molecule has 0 amide bonds. The fourth-order valence-corrected chi connectivity index (χ4v) is 1.47. The molecular weight excluding hydrogens is 187 g/mol. The van der Waals surface area contributed by atoms with E-state index in [9.17, 15) is 9.18 Å². The van der Waals surface area contributed by atoms with E-state index in [0.29, 0.717) is 5.52 Å². The zero-order chi connectivity index (χ0) is 10.1. The monoisotopic (exact) mass is 196 g/mol. The van der Waals surface area contributed by atoms with Crippen molar-refractivity contribution in [2.24, 2.45) is 0 Å². The van der Waals surface area contributed by atoms with Gasteiger partial charge in [-0.25, -0.2) is 9.18 Å². The lowest BCUT2D eigenvalue weighted by Gasteiger charge is -1.98. The zero-order valence-corrected chi connectivity index (χ0v) is 7.33. The lowest BCUT2D eigenvalue weighted by Crippen LogP contribution is -2.18. The number of aromatic amines is 1. The van der Waals surface area contributed by atoms with E-state index in [2.05, 4.69) is 4.98 Å². The number of H-pyrrole nitrogens is 1. The Balaban J connectivity index is 2.77. The molecule has 0 aliphatic rings. The van der Waals surface area contributed by atoms with Gasteiger partial charge in [-0.2, -0.15) is 0 Å². The fraction of sp³-hybridized carbons (Fsp3) is 0.222. The molecule has 5 heteroatoms. The Morgan fingerprint density at radius 3 is 3.00 bits per heavy atom. The Labute approximate surface area is 78.6 Å². The van der Waals surface area contributed by atoms with E-state index in [0.717, 1.165) is 0 Å². The number of imidazole rings is 1. The van der Waals surface area contributed by atoms with E-state index >= 15 is 0 Å². The minimum atomic E-state index is -0.462. The van der Waals surface area contributed by atoms with Crippen LogP contribution in [0.2, 0.25) is 0 Å². The number of nitrogens with zero attached hydrogens (tertiary/aromatic N) is 1. The molecule has 2 rings (SSSR count). The van der Waals surface area contributed by atoms with Gasteiger partial charge in [-0.05, 0) is 12.1 Å². The summed E-state index contributed by atoms with van der Waals surface area (Å²) in [5, 5.41) is 8.72. The van der Waals surface area contributed by atoms with Gasteiger partial charge in [0.2, 0.25) is 0 Å². The number of para-hydroxylation sites is 1. The second-order valence-electron chi connectivity index (χ2n) is 2.94. The zero-order valence-electron chi connectivity index (χ0n) is 7.33. The highest BCUT2D eigenvalue weighted by molar-refractivity contribution is 5.75. The summed E-state index contributed by atoms with van der Waals surface area (Å²) < 4.78 is 14.5. The maximum atomic E-state index is 13.2. The molecule has 1 aromatic carbocycles. The topological polar surface area (TPSA) is 58.0 Å². The van der Waals surface area contributed by atoms with Gasteiger partial charge in [0.15, 0.2) is 0 Å². The molecule has 0 fully saturated rings. The molecule has 0 saturated heterocycles. The van der Waals surface area contributed by atoms with Gasteiger partial charge in [0.25, 0.3) is 0 Å². The normalized spacial score (nSPS) is 11.0. The van der Waals surface area contributed by atoms with Crippen LogP contribution in [-0.4, -0.2) is 21.3 Å². The quantitative estimate of drug-likeness (QED) is 0.733. The third kappa shape index (κ3) is 1.22. The molecular formula is C9H9FN2O2. The highest BCUT2D eigenvalue weighted by Gasteiger charge is 2.08. The van der Waals surface area contributed by atoms with Gasteiger partial charge in [0.05, 0.1) is 18.7 Å². The SMILES string of the molecule is O=c1[nH]c2c(F)cccc2n1CCO. The van der Waals surface area contributed by atoms with Crippen molar-refractivity contribution in [1.82, 2.24) is 9.55 Å². The summed E-state index contributed by atoms with van der Waals surface area (Å²) in [6.45, 7) is 0.0195. The summed E-state index contributed by atoms with van der Waals surface area (Å²) in [5.74, 6) is -0.462. The van der Waals surface area contributed by atoms with Crippen LogP contribution in [0.3, 0.4) is 0 Å². The lowest BCUT2D eigenvalue weighted by molar-refractivity contribution is 0.276. The van der Waals surface area contributed by atoms with Crippen molar-refractivity contribution in [2.75, 3.05) is 6.61 Å². The third-order valence-electron chi connectivity index (χ3n) is 2.08. The van der Waals surface area contributed by atoms with Crippen molar-refractivity contribution in [3.8, 4) is 0 Å². The predicted molar refractivity (Wildman–Crippen MR) is 49.6 cm³/mol. The summed E-state index contributed by atoms with van der Waals surface area (Å²) in [6.07, 6.45) is 0. The fourth-order valence-electron chi connectivity index (χ4n) is 1.47. The van der Waals surface area contributed by atoms with Gasteiger partial charge in [0.1, 0.15) is 11.3 Å². The van der Waals surface area contributed by atoms with Crippen molar-refractivity contribution in [1.29, 1.82) is 0 Å². The lowest BCUT2D eigenvalue weighted by atomic mass is 10.3. The summed E-state index contributed by atoms with van der Waals surface area (Å²) in [6, 6.07) is 4.44. The van der Waals surface area contributed by atoms with E-state index in [4.69, 9.17) is 5.11 Å². The van der Waals surface area contributed by atoms with Crippen LogP contribution in [0.1, 0.15) is 0 Å². The summed E-state index contributed by atoms with van der Waals surface area (Å²) in [5.41, 5.74) is 0.258. The Kier molecular flexibility index (Phi) is 2.09. The number of hydrogen-bond donors (Lipinski definition) is 2. The van der Waals surface area contributed by atoms with E-state index in [1.54, 1.807) is 6.07 Å². The molecule has 74 valence electrons. The number of aliphatic hydroxyl groups excluding tert-OH is 1. The molecule has 14 heavy (non-hydrogen) atoms. The average molecular weight is 196 g/mol. The van der Waals surface area contributed by atoms with Crippen molar-refractivity contribution < 1.29 is 9.50 Å². The largest absolute Gasteiger partial charge is 0.395 e. The third-order valence-corrected chi connectivity index (χ3v) is 2.08. The highest BCUT2D eigenvalue weighted by atomic mass is 19.1. The number of benzene rings is 1. The van der Waals surface area contributed by atoms with Crippen LogP contribution >= 0.6 is 0 Å². The first-order valence-corrected chi connectivity index (χ1v) is 4.22. The molecule has 2 aromatic rings. The van der Waals surface area contributed by atoms with E-state index in [1.807, 2.05) is 0 Å². The summed E-state index contributed by atoms with van der Waals surface area (Å²) >= 11 is 0. The van der Waals surface area contributed by atoms with E-state index in [1.165, 1.54) is 16.7 Å². The second kappa shape index (κ2) is 3.26. The Morgan fingerprint density at radius 2 is 2.29 bits per heavy atom. The van der Waals surface area contributed by atoms with Gasteiger partial charge >= 0.3 is 5.69 Å². The van der Waals surface area contributed by atoms with Gasteiger partial charge in [0, 0.05) is 0 Å². The van der Waals surface area contributed by atoms with Crippen LogP contribution < -0.4 is 5.69 Å². The number of nitrogens with one attached hydrogen (secondary N) is 1. The summed E-state index contributed by atoms with van der Waals surface area (Å²) in [4.78, 5) is 13.7. The number of halogens is 1. The molecule has 1 heterocycles. The van der Waals surface area contributed by atoms with Crippen molar-refractivity contribution in [2.45, 2.75) is 6.54 Å². The van der Waals surface area contributed by atoms with Gasteiger partial charge in [-0.15, -0.1) is 0 Å². The van der Waals surface area contributed by atoms with E-state index in [-0.39, 0.29) is 18.7 Å². The van der Waals surface area contributed by atoms with Gasteiger partial charge in [-0.3, -0.25) is 4.57 Å². The molecule has 0 saturated carbocycles. The number of rotatable bonds is 2. The molecule has 4 nitrogen and oxygen atoms in total. The standard InChI is InChI=1S/C9H9FN2O2/c10-6-2-1-3-7-8(6)11-9(14)12(7)4-5-13/h1-3,13H,4-5H2,(H,11,14). The first kappa shape index (κ1) is 8.96. The minimum absolute atomic E-state index is 0.149. The van der Waals surface area contributed by atoms with Crippen LogP contribution in [0.4, 0.5) is 4.39 Å². The van der Waals surface area contributed by atoms with Gasteiger partial charge in [-0.1, -0.05) is 6.07 Å². The van der Waals surface area contributed by atoms with Crippen molar-refractivity contribution in [3.63, 3.8) is 0 Å². The molecule has 1 aromatic heterocycles. The molecule has 0 unspecified atom stereocenters. The maximum Gasteiger partial charge on any atom is 0.326 e. The number of hydrogen-bond acceptors (Lipinski definition) is 2. The maximum absolute atomic E-state index is 13.2. The van der Waals surface area contributed by atoms with Crippen molar-refractivity contribution in [3.05, 3.63) is 34.5 Å². The molecule has 0 radical (unpaired) electrons. The van der Waals surface area contributed by atoms with Crippen LogP contribution in [0, 0.1) is 5.82 Å². The van der Waals surface area contributed by atoms with Crippen LogP contribution in [0.25, 0.3) is 11.0 Å². The number of fused-ring (bicyclic) bond motifs is 1. The number of aromatic nitrogens is 2. The first-order valence-electron chi connectivity index (χ1n) is 4.22. The van der Waals surface area contributed by atoms with Crippen molar-refractivity contribution >= 4 is 11.0 Å². The van der Waals surface area contributed by atoms with Crippen LogP contribution in [0.15, 0.2) is 23.0 Å². The Hall–Kier alpha value is -1.62. The predicted octanol–water partition coefficient (Wildman–Crippen LogP) is 0.461. The summed E-state index contributed by atoms with van der Waals surface area (Å²) in [7, 11) is 0. The smallest absolute Gasteiger partial charge is 0.326 e. The first-order chi connectivity index (χ1) is 6.74. The molecule has 0 atom stereocenters. The molecule has 0 bridgehead atoms. The Morgan fingerprint density at radius 1 is 1.50 bits per heavy atom. The Bertz CT molecular complexity index is 515. The van der Waals surface area contributed by atoms with E-state index < -0.39 is 11.5 Å². The molecule has 0 spiro atoms. The minimum Gasteiger partial charge on any atom is -0.395 e. The molecule has 0 aliphatic carbocycles. The van der Waals surface area contributed by atoms with Crippen LogP contribution in [0.5, 0.6) is 0 Å². The number of aliphatic hydroxyl groups is 1. The second-order valence-corrected chi connectivity index (χ2v) is 2.94. The average Bonchev–Trinajstić information content (AvgIpc) is 2.47. The molecule has 0 aliphatic heterocycles.